The van der Waals surface area contributed by atoms with E-state index in [1.165, 1.54) is 18.5 Å². The minimum atomic E-state index is -1.31. The van der Waals surface area contributed by atoms with Gasteiger partial charge in [-0.1, -0.05) is 0 Å². The Morgan fingerprint density at radius 3 is 2.21 bits per heavy atom. The van der Waals surface area contributed by atoms with Gasteiger partial charge in [0.2, 0.25) is 0 Å². The van der Waals surface area contributed by atoms with Gasteiger partial charge in [-0.25, -0.2) is 0 Å². The lowest BCUT2D eigenvalue weighted by atomic mass is 9.80. The van der Waals surface area contributed by atoms with E-state index in [9.17, 15) is 9.00 Å². The number of H-pyrrole nitrogens is 1. The first-order chi connectivity index (χ1) is 8.66. The fourth-order valence-electron chi connectivity index (χ4n) is 1.89. The third-order valence-corrected chi connectivity index (χ3v) is 4.65. The molecule has 7 heteroatoms. The van der Waals surface area contributed by atoms with Crippen LogP contribution in [0.5, 0.6) is 0 Å². The summed E-state index contributed by atoms with van der Waals surface area (Å²) in [4.78, 5) is 14.9. The van der Waals surface area contributed by atoms with E-state index in [-0.39, 0.29) is 5.43 Å². The largest absolute Gasteiger partial charge is 0.501 e. The zero-order valence-corrected chi connectivity index (χ0v) is 12.6. The second kappa shape index (κ2) is 4.57. The number of hydrogen-bond donors (Lipinski definition) is 1. The summed E-state index contributed by atoms with van der Waals surface area (Å²) in [5.41, 5.74) is -1.01. The topological polar surface area (TPSA) is 68.4 Å². The van der Waals surface area contributed by atoms with Crippen molar-refractivity contribution in [1.29, 1.82) is 0 Å². The summed E-state index contributed by atoms with van der Waals surface area (Å²) < 4.78 is 23.4. The van der Waals surface area contributed by atoms with Crippen LogP contribution < -0.4 is 10.9 Å². The molecule has 104 valence electrons. The Balaban J connectivity index is 2.51. The van der Waals surface area contributed by atoms with Crippen molar-refractivity contribution >= 4 is 23.4 Å². The molecule has 1 N–H and O–H groups in total. The molecule has 1 unspecified atom stereocenters. The molecule has 2 heterocycles. The van der Waals surface area contributed by atoms with Crippen molar-refractivity contribution in [3.63, 3.8) is 0 Å². The molecule has 0 bridgehead atoms. The monoisotopic (exact) mass is 283 g/mol. The Hall–Kier alpha value is -0.915. The van der Waals surface area contributed by atoms with Gasteiger partial charge in [0.05, 0.1) is 27.5 Å². The molecule has 1 fully saturated rings. The predicted octanol–water partition coefficient (Wildman–Crippen LogP) is 0.411. The summed E-state index contributed by atoms with van der Waals surface area (Å²) in [5, 5.41) is 0.353. The average molecular weight is 283 g/mol. The zero-order chi connectivity index (χ0) is 14.4. The molecule has 1 aliphatic rings. The number of aromatic amines is 1. The number of rotatable bonds is 2. The summed E-state index contributed by atoms with van der Waals surface area (Å²) in [6.45, 7) is 7.64. The van der Waals surface area contributed by atoms with Crippen molar-refractivity contribution in [3.05, 3.63) is 22.5 Å². The maximum atomic E-state index is 12.0. The van der Waals surface area contributed by atoms with Crippen LogP contribution in [0.3, 0.4) is 0 Å². The van der Waals surface area contributed by atoms with E-state index in [1.54, 1.807) is 0 Å². The zero-order valence-electron chi connectivity index (χ0n) is 11.8. The third-order valence-electron chi connectivity index (χ3n) is 3.74. The summed E-state index contributed by atoms with van der Waals surface area (Å²) in [6, 6.07) is 1.39. The number of aromatic nitrogens is 1. The predicted molar refractivity (Wildman–Crippen MR) is 75.1 cm³/mol. The van der Waals surface area contributed by atoms with Gasteiger partial charge in [0, 0.05) is 18.5 Å². The van der Waals surface area contributed by atoms with Crippen LogP contribution in [0.4, 0.5) is 0 Å². The van der Waals surface area contributed by atoms with E-state index < -0.39 is 29.1 Å². The Labute approximate surface area is 115 Å². The SMILES string of the molecule is CS(=O)c1[nH]ccc(=O)c1B1OC(C)(C)C(C)(C)O1. The van der Waals surface area contributed by atoms with Crippen LogP contribution in [0, 0.1) is 0 Å². The highest BCUT2D eigenvalue weighted by Crippen LogP contribution is 2.36. The lowest BCUT2D eigenvalue weighted by Crippen LogP contribution is -2.46. The molecular weight excluding hydrogens is 265 g/mol. The minimum absolute atomic E-state index is 0.234. The van der Waals surface area contributed by atoms with Gasteiger partial charge in [-0.2, -0.15) is 0 Å². The molecule has 1 aliphatic heterocycles. The second-order valence-corrected chi connectivity index (χ2v) is 6.94. The van der Waals surface area contributed by atoms with Crippen molar-refractivity contribution in [2.24, 2.45) is 0 Å². The fraction of sp³-hybridized carbons (Fsp3) is 0.583. The first kappa shape index (κ1) is 14.5. The standard InChI is InChI=1S/C12H18BNO4S/c1-11(2)12(3,4)18-13(17-11)9-8(15)6-7-14-10(9)19(5)16/h6-7H,1-5H3,(H,14,15). The molecule has 0 aliphatic carbocycles. The highest BCUT2D eigenvalue weighted by molar-refractivity contribution is 7.84. The first-order valence-electron chi connectivity index (χ1n) is 6.06. The summed E-state index contributed by atoms with van der Waals surface area (Å²) in [5.74, 6) is 0. The average Bonchev–Trinajstić information content (AvgIpc) is 2.47. The van der Waals surface area contributed by atoms with Crippen LogP contribution in [0.2, 0.25) is 0 Å². The molecule has 2 rings (SSSR count). The molecule has 0 amide bonds. The van der Waals surface area contributed by atoms with Gasteiger partial charge in [0.15, 0.2) is 5.43 Å². The van der Waals surface area contributed by atoms with E-state index in [2.05, 4.69) is 4.98 Å². The van der Waals surface area contributed by atoms with E-state index >= 15 is 0 Å². The second-order valence-electron chi connectivity index (χ2n) is 5.63. The molecule has 0 aromatic carbocycles. The smallest absolute Gasteiger partial charge is 0.399 e. The van der Waals surface area contributed by atoms with Gasteiger partial charge in [-0.3, -0.25) is 9.00 Å². The van der Waals surface area contributed by atoms with Crippen molar-refractivity contribution in [2.45, 2.75) is 43.9 Å². The van der Waals surface area contributed by atoms with E-state index in [4.69, 9.17) is 9.31 Å². The molecule has 0 saturated carbocycles. The molecule has 1 aromatic heterocycles. The first-order valence-corrected chi connectivity index (χ1v) is 7.62. The lowest BCUT2D eigenvalue weighted by molar-refractivity contribution is 0.00578. The van der Waals surface area contributed by atoms with Gasteiger partial charge in [0.25, 0.3) is 0 Å². The van der Waals surface area contributed by atoms with Gasteiger partial charge in [-0.05, 0) is 27.7 Å². The number of hydrogen-bond acceptors (Lipinski definition) is 4. The molecule has 5 nitrogen and oxygen atoms in total. The highest BCUT2D eigenvalue weighted by Gasteiger charge is 2.53. The summed E-state index contributed by atoms with van der Waals surface area (Å²) >= 11 is 0. The molecular formula is C12H18BNO4S. The molecule has 0 spiro atoms. The molecule has 1 aromatic rings. The minimum Gasteiger partial charge on any atom is -0.399 e. The van der Waals surface area contributed by atoms with Gasteiger partial charge >= 0.3 is 7.12 Å². The van der Waals surface area contributed by atoms with Crippen LogP contribution in [-0.2, 0) is 20.1 Å². The van der Waals surface area contributed by atoms with E-state index in [0.717, 1.165) is 0 Å². The van der Waals surface area contributed by atoms with Crippen molar-refractivity contribution in [2.75, 3.05) is 6.26 Å². The molecule has 1 saturated heterocycles. The van der Waals surface area contributed by atoms with Gasteiger partial charge < -0.3 is 14.3 Å². The normalized spacial score (nSPS) is 22.5. The lowest BCUT2D eigenvalue weighted by Gasteiger charge is -2.32. The van der Waals surface area contributed by atoms with Crippen molar-refractivity contribution in [1.82, 2.24) is 4.98 Å². The fourth-order valence-corrected chi connectivity index (χ4v) is 2.63. The van der Waals surface area contributed by atoms with Crippen LogP contribution in [-0.4, -0.2) is 33.8 Å². The van der Waals surface area contributed by atoms with Crippen LogP contribution in [0.15, 0.2) is 22.1 Å². The third kappa shape index (κ3) is 2.42. The van der Waals surface area contributed by atoms with E-state index in [1.807, 2.05) is 27.7 Å². The van der Waals surface area contributed by atoms with Crippen molar-refractivity contribution in [3.8, 4) is 0 Å². The maximum Gasteiger partial charge on any atom is 0.501 e. The van der Waals surface area contributed by atoms with Crippen LogP contribution in [0.25, 0.3) is 0 Å². The number of pyridine rings is 1. The Morgan fingerprint density at radius 2 is 1.74 bits per heavy atom. The quantitative estimate of drug-likeness (QED) is 0.798. The van der Waals surface area contributed by atoms with Gasteiger partial charge in [0.1, 0.15) is 5.03 Å². The molecule has 0 radical (unpaired) electrons. The van der Waals surface area contributed by atoms with Crippen LogP contribution in [0.1, 0.15) is 27.7 Å². The van der Waals surface area contributed by atoms with Crippen molar-refractivity contribution < 1.29 is 13.5 Å². The molecule has 19 heavy (non-hydrogen) atoms. The Morgan fingerprint density at radius 1 is 1.21 bits per heavy atom. The maximum absolute atomic E-state index is 12.0. The Bertz CT molecular complexity index is 565. The Kier molecular flexibility index (Phi) is 3.49. The van der Waals surface area contributed by atoms with Crippen LogP contribution >= 0.6 is 0 Å². The molecule has 1 atom stereocenters. The number of nitrogens with one attached hydrogen (secondary N) is 1. The van der Waals surface area contributed by atoms with Gasteiger partial charge in [-0.15, -0.1) is 0 Å². The summed E-state index contributed by atoms with van der Waals surface area (Å²) in [7, 11) is -2.11. The summed E-state index contributed by atoms with van der Waals surface area (Å²) in [6.07, 6.45) is 2.99. The van der Waals surface area contributed by atoms with E-state index in [0.29, 0.717) is 10.5 Å². The highest BCUT2D eigenvalue weighted by atomic mass is 32.2.